The van der Waals surface area contributed by atoms with Crippen LogP contribution in [0.4, 0.5) is 0 Å². The summed E-state index contributed by atoms with van der Waals surface area (Å²) in [6.07, 6.45) is 0. The Balaban J connectivity index is 1.46. The Labute approximate surface area is 162 Å². The van der Waals surface area contributed by atoms with Crippen LogP contribution in [0.2, 0.25) is 5.02 Å². The number of nitrogens with zero attached hydrogens (tertiary/aromatic N) is 2. The summed E-state index contributed by atoms with van der Waals surface area (Å²) in [5.74, 6) is -0.0801. The highest BCUT2D eigenvalue weighted by atomic mass is 35.5. The first kappa shape index (κ1) is 17.8. The molecule has 6 heteroatoms. The van der Waals surface area contributed by atoms with Crippen LogP contribution in [-0.2, 0) is 6.54 Å². The number of nitrogens with one attached hydrogen (secondary N) is 1. The van der Waals surface area contributed by atoms with Crippen molar-refractivity contribution >= 4 is 28.4 Å². The average molecular weight is 382 g/mol. The minimum atomic E-state index is -0.251. The summed E-state index contributed by atoms with van der Waals surface area (Å²) < 4.78 is 0. The highest BCUT2D eigenvalue weighted by Crippen LogP contribution is 2.18. The van der Waals surface area contributed by atoms with Gasteiger partial charge in [-0.25, -0.2) is 0 Å². The number of aromatic nitrogens is 1. The molecule has 0 radical (unpaired) electrons. The van der Waals surface area contributed by atoms with E-state index in [2.05, 4.69) is 9.88 Å². The lowest BCUT2D eigenvalue weighted by molar-refractivity contribution is 0.0630. The second-order valence-electron chi connectivity index (χ2n) is 6.79. The number of amides is 1. The minimum absolute atomic E-state index is 0.0801. The van der Waals surface area contributed by atoms with Gasteiger partial charge in [0.05, 0.1) is 5.56 Å². The SMILES string of the molecule is O=C(c1cc(=O)[nH]c2ccccc12)N1CCN(Cc2ccc(Cl)cc2)CC1. The second kappa shape index (κ2) is 7.55. The zero-order chi connectivity index (χ0) is 18.8. The maximum Gasteiger partial charge on any atom is 0.254 e. The molecule has 1 amide bonds. The predicted octanol–water partition coefficient (Wildman–Crippen LogP) is 3.14. The molecule has 1 fully saturated rings. The number of rotatable bonds is 3. The number of aromatic amines is 1. The van der Waals surface area contributed by atoms with Crippen LogP contribution >= 0.6 is 11.6 Å². The van der Waals surface area contributed by atoms with Crippen LogP contribution in [0.1, 0.15) is 15.9 Å². The molecule has 0 saturated carbocycles. The van der Waals surface area contributed by atoms with Gasteiger partial charge in [-0.15, -0.1) is 0 Å². The first-order valence-corrected chi connectivity index (χ1v) is 9.36. The van der Waals surface area contributed by atoms with E-state index < -0.39 is 0 Å². The van der Waals surface area contributed by atoms with E-state index in [1.807, 2.05) is 53.4 Å². The van der Waals surface area contributed by atoms with Gasteiger partial charge in [-0.05, 0) is 23.8 Å². The number of H-pyrrole nitrogens is 1. The Hall–Kier alpha value is -2.63. The second-order valence-corrected chi connectivity index (χ2v) is 7.22. The van der Waals surface area contributed by atoms with Crippen molar-refractivity contribution in [2.45, 2.75) is 6.54 Å². The van der Waals surface area contributed by atoms with Crippen LogP contribution in [0, 0.1) is 0 Å². The molecule has 0 atom stereocenters. The average Bonchev–Trinajstić information content (AvgIpc) is 2.69. The summed E-state index contributed by atoms with van der Waals surface area (Å²) in [6.45, 7) is 3.74. The van der Waals surface area contributed by atoms with Gasteiger partial charge in [-0.2, -0.15) is 0 Å². The Bertz CT molecular complexity index is 1020. The molecule has 3 aromatic rings. The lowest BCUT2D eigenvalue weighted by Gasteiger charge is -2.35. The van der Waals surface area contributed by atoms with Crippen LogP contribution < -0.4 is 5.56 Å². The van der Waals surface area contributed by atoms with Crippen molar-refractivity contribution in [3.05, 3.63) is 81.1 Å². The number of hydrogen-bond donors (Lipinski definition) is 1. The van der Waals surface area contributed by atoms with Crippen molar-refractivity contribution < 1.29 is 4.79 Å². The molecule has 1 aliphatic rings. The van der Waals surface area contributed by atoms with Gasteiger partial charge in [-0.1, -0.05) is 41.9 Å². The fraction of sp³-hybridized carbons (Fsp3) is 0.238. The van der Waals surface area contributed by atoms with Gasteiger partial charge in [0, 0.05) is 54.7 Å². The lowest BCUT2D eigenvalue weighted by atomic mass is 10.1. The molecule has 1 N–H and O–H groups in total. The summed E-state index contributed by atoms with van der Waals surface area (Å²) in [5.41, 5.74) is 2.12. The van der Waals surface area contributed by atoms with E-state index >= 15 is 0 Å². The molecule has 2 heterocycles. The topological polar surface area (TPSA) is 56.4 Å². The van der Waals surface area contributed by atoms with E-state index in [-0.39, 0.29) is 11.5 Å². The van der Waals surface area contributed by atoms with Crippen LogP contribution in [0.5, 0.6) is 0 Å². The molecule has 27 heavy (non-hydrogen) atoms. The molecule has 138 valence electrons. The molecule has 1 aromatic heterocycles. The molecule has 0 aliphatic carbocycles. The van der Waals surface area contributed by atoms with E-state index in [0.717, 1.165) is 30.0 Å². The Morgan fingerprint density at radius 1 is 1.00 bits per heavy atom. The zero-order valence-electron chi connectivity index (χ0n) is 14.8. The largest absolute Gasteiger partial charge is 0.336 e. The third kappa shape index (κ3) is 3.89. The van der Waals surface area contributed by atoms with Gasteiger partial charge in [0.15, 0.2) is 0 Å². The summed E-state index contributed by atoms with van der Waals surface area (Å²) >= 11 is 5.94. The number of piperazine rings is 1. The number of carbonyl (C=O) groups excluding carboxylic acids is 1. The number of fused-ring (bicyclic) bond motifs is 1. The molecule has 5 nitrogen and oxygen atoms in total. The molecular formula is C21H20ClN3O2. The smallest absolute Gasteiger partial charge is 0.254 e. The summed E-state index contributed by atoms with van der Waals surface area (Å²) in [5, 5.41) is 1.52. The van der Waals surface area contributed by atoms with Gasteiger partial charge < -0.3 is 9.88 Å². The Morgan fingerprint density at radius 2 is 1.70 bits per heavy atom. The molecule has 1 aliphatic heterocycles. The number of benzene rings is 2. The quantitative estimate of drug-likeness (QED) is 0.758. The lowest BCUT2D eigenvalue weighted by Crippen LogP contribution is -2.48. The summed E-state index contributed by atoms with van der Waals surface area (Å²) in [6, 6.07) is 16.7. The molecule has 0 spiro atoms. The minimum Gasteiger partial charge on any atom is -0.336 e. The van der Waals surface area contributed by atoms with E-state index in [1.165, 1.54) is 11.6 Å². The van der Waals surface area contributed by atoms with Crippen molar-refractivity contribution in [3.63, 3.8) is 0 Å². The zero-order valence-corrected chi connectivity index (χ0v) is 15.6. The van der Waals surface area contributed by atoms with E-state index in [0.29, 0.717) is 24.2 Å². The third-order valence-electron chi connectivity index (χ3n) is 4.96. The van der Waals surface area contributed by atoms with Crippen molar-refractivity contribution in [2.75, 3.05) is 26.2 Å². The van der Waals surface area contributed by atoms with Gasteiger partial charge in [0.25, 0.3) is 5.91 Å². The molecular weight excluding hydrogens is 362 g/mol. The van der Waals surface area contributed by atoms with Crippen molar-refractivity contribution in [1.29, 1.82) is 0 Å². The van der Waals surface area contributed by atoms with E-state index in [9.17, 15) is 9.59 Å². The van der Waals surface area contributed by atoms with Gasteiger partial charge in [0.2, 0.25) is 5.56 Å². The maximum absolute atomic E-state index is 13.0. The molecule has 4 rings (SSSR count). The predicted molar refractivity (Wildman–Crippen MR) is 107 cm³/mol. The highest BCUT2D eigenvalue weighted by molar-refractivity contribution is 6.30. The normalized spacial score (nSPS) is 15.2. The Kier molecular flexibility index (Phi) is 4.97. The van der Waals surface area contributed by atoms with E-state index in [1.54, 1.807) is 0 Å². The monoisotopic (exact) mass is 381 g/mol. The third-order valence-corrected chi connectivity index (χ3v) is 5.21. The number of hydrogen-bond acceptors (Lipinski definition) is 3. The van der Waals surface area contributed by atoms with Crippen molar-refractivity contribution in [3.8, 4) is 0 Å². The van der Waals surface area contributed by atoms with Crippen molar-refractivity contribution in [1.82, 2.24) is 14.8 Å². The molecule has 2 aromatic carbocycles. The number of pyridine rings is 1. The first-order chi connectivity index (χ1) is 13.1. The fourth-order valence-corrected chi connectivity index (χ4v) is 3.64. The molecule has 0 bridgehead atoms. The number of halogens is 1. The number of carbonyl (C=O) groups is 1. The van der Waals surface area contributed by atoms with Crippen LogP contribution in [0.3, 0.4) is 0 Å². The highest BCUT2D eigenvalue weighted by Gasteiger charge is 2.23. The number of para-hydroxylation sites is 1. The van der Waals surface area contributed by atoms with Crippen molar-refractivity contribution in [2.24, 2.45) is 0 Å². The first-order valence-electron chi connectivity index (χ1n) is 8.98. The fourth-order valence-electron chi connectivity index (χ4n) is 3.51. The maximum atomic E-state index is 13.0. The summed E-state index contributed by atoms with van der Waals surface area (Å²) in [4.78, 5) is 31.9. The van der Waals surface area contributed by atoms with Gasteiger partial charge in [0.1, 0.15) is 0 Å². The van der Waals surface area contributed by atoms with Crippen LogP contribution in [0.25, 0.3) is 10.9 Å². The van der Waals surface area contributed by atoms with Gasteiger partial charge >= 0.3 is 0 Å². The standard InChI is InChI=1S/C21H20ClN3O2/c22-16-7-5-15(6-8-16)14-24-9-11-25(12-10-24)21(27)18-13-20(26)23-19-4-2-1-3-17(18)19/h1-8,13H,9-12,14H2,(H,23,26). The van der Waals surface area contributed by atoms with Crippen LogP contribution in [0.15, 0.2) is 59.4 Å². The Morgan fingerprint density at radius 3 is 2.44 bits per heavy atom. The van der Waals surface area contributed by atoms with E-state index in [4.69, 9.17) is 11.6 Å². The summed E-state index contributed by atoms with van der Waals surface area (Å²) in [7, 11) is 0. The van der Waals surface area contributed by atoms with Crippen LogP contribution in [-0.4, -0.2) is 46.9 Å². The molecule has 1 saturated heterocycles. The molecule has 0 unspecified atom stereocenters. The van der Waals surface area contributed by atoms with Gasteiger partial charge in [-0.3, -0.25) is 14.5 Å².